The van der Waals surface area contributed by atoms with E-state index in [0.717, 1.165) is 0 Å². The van der Waals surface area contributed by atoms with Crippen LogP contribution in [-0.2, 0) is 11.3 Å². The third-order valence-corrected chi connectivity index (χ3v) is 1.86. The number of thiophene rings is 1. The Hall–Kier alpha value is -0.780. The van der Waals surface area contributed by atoms with Crippen LogP contribution in [0.3, 0.4) is 0 Å². The van der Waals surface area contributed by atoms with E-state index in [1.165, 1.54) is 4.88 Å². The lowest BCUT2D eigenvalue weighted by Crippen LogP contribution is -1.89. The summed E-state index contributed by atoms with van der Waals surface area (Å²) in [7, 11) is 0. The number of terminal acetylenes is 1. The van der Waals surface area contributed by atoms with E-state index in [4.69, 9.17) is 11.2 Å². The maximum atomic E-state index is 5.10. The minimum atomic E-state index is 0.401. The summed E-state index contributed by atoms with van der Waals surface area (Å²) in [6, 6.07) is 4.03. The first kappa shape index (κ1) is 7.33. The predicted molar refractivity (Wildman–Crippen MR) is 42.8 cm³/mol. The molecule has 0 radical (unpaired) electrons. The third kappa shape index (κ3) is 2.22. The van der Waals surface area contributed by atoms with Gasteiger partial charge in [0, 0.05) is 4.88 Å². The maximum Gasteiger partial charge on any atom is 0.107 e. The SMILES string of the molecule is C#CCOCc1cccs1. The number of hydrogen-bond donors (Lipinski definition) is 0. The first-order chi connectivity index (χ1) is 4.93. The van der Waals surface area contributed by atoms with Gasteiger partial charge in [-0.15, -0.1) is 17.8 Å². The molecule has 52 valence electrons. The van der Waals surface area contributed by atoms with E-state index in [1.807, 2.05) is 17.5 Å². The van der Waals surface area contributed by atoms with Crippen LogP contribution >= 0.6 is 11.3 Å². The van der Waals surface area contributed by atoms with Crippen LogP contribution in [0.4, 0.5) is 0 Å². The lowest BCUT2D eigenvalue weighted by molar-refractivity contribution is 0.156. The molecule has 0 fully saturated rings. The van der Waals surface area contributed by atoms with E-state index in [2.05, 4.69) is 5.92 Å². The van der Waals surface area contributed by atoms with Crippen molar-refractivity contribution in [3.8, 4) is 12.3 Å². The summed E-state index contributed by atoms with van der Waals surface area (Å²) in [6.45, 7) is 1.04. The molecule has 2 heteroatoms. The zero-order valence-electron chi connectivity index (χ0n) is 5.54. The molecule has 0 spiro atoms. The Morgan fingerprint density at radius 1 is 1.70 bits per heavy atom. The molecule has 10 heavy (non-hydrogen) atoms. The predicted octanol–water partition coefficient (Wildman–Crippen LogP) is 1.90. The second-order valence-corrected chi connectivity index (χ2v) is 2.81. The molecule has 0 aromatic carbocycles. The fourth-order valence-electron chi connectivity index (χ4n) is 0.605. The summed E-state index contributed by atoms with van der Waals surface area (Å²) in [6.07, 6.45) is 5.00. The number of ether oxygens (including phenoxy) is 1. The average Bonchev–Trinajstić information content (AvgIpc) is 2.41. The zero-order valence-corrected chi connectivity index (χ0v) is 6.36. The van der Waals surface area contributed by atoms with Gasteiger partial charge in [-0.3, -0.25) is 0 Å². The highest BCUT2D eigenvalue weighted by Crippen LogP contribution is 2.08. The second-order valence-electron chi connectivity index (χ2n) is 1.78. The summed E-state index contributed by atoms with van der Waals surface area (Å²) in [4.78, 5) is 1.22. The first-order valence-corrected chi connectivity index (χ1v) is 3.85. The topological polar surface area (TPSA) is 9.23 Å². The van der Waals surface area contributed by atoms with Gasteiger partial charge in [0.05, 0.1) is 6.61 Å². The van der Waals surface area contributed by atoms with Gasteiger partial charge >= 0.3 is 0 Å². The fourth-order valence-corrected chi connectivity index (χ4v) is 1.25. The van der Waals surface area contributed by atoms with Gasteiger partial charge in [0.2, 0.25) is 0 Å². The third-order valence-electron chi connectivity index (χ3n) is 1.01. The normalized spacial score (nSPS) is 9.10. The molecule has 1 heterocycles. The Balaban J connectivity index is 2.23. The second kappa shape index (κ2) is 4.10. The number of hydrogen-bond acceptors (Lipinski definition) is 2. The van der Waals surface area contributed by atoms with Crippen molar-refractivity contribution in [2.24, 2.45) is 0 Å². The van der Waals surface area contributed by atoms with E-state index in [1.54, 1.807) is 11.3 Å². The molecule has 0 aliphatic heterocycles. The van der Waals surface area contributed by atoms with Gasteiger partial charge in [-0.1, -0.05) is 12.0 Å². The van der Waals surface area contributed by atoms with Gasteiger partial charge in [-0.05, 0) is 11.4 Å². The Labute approximate surface area is 64.6 Å². The minimum absolute atomic E-state index is 0.401. The van der Waals surface area contributed by atoms with Crippen LogP contribution in [0, 0.1) is 12.3 Å². The average molecular weight is 152 g/mol. The minimum Gasteiger partial charge on any atom is -0.363 e. The molecule has 1 aromatic rings. The molecule has 0 bridgehead atoms. The maximum absolute atomic E-state index is 5.10. The van der Waals surface area contributed by atoms with Crippen LogP contribution in [0.25, 0.3) is 0 Å². The van der Waals surface area contributed by atoms with Gasteiger partial charge in [0.25, 0.3) is 0 Å². The van der Waals surface area contributed by atoms with E-state index in [0.29, 0.717) is 13.2 Å². The van der Waals surface area contributed by atoms with Gasteiger partial charge < -0.3 is 4.74 Å². The van der Waals surface area contributed by atoms with Crippen LogP contribution in [0.15, 0.2) is 17.5 Å². The lowest BCUT2D eigenvalue weighted by Gasteiger charge is -1.94. The summed E-state index contributed by atoms with van der Waals surface area (Å²) in [5, 5.41) is 2.02. The molecule has 0 aliphatic carbocycles. The molecule has 0 N–H and O–H groups in total. The van der Waals surface area contributed by atoms with E-state index in [9.17, 15) is 0 Å². The van der Waals surface area contributed by atoms with Gasteiger partial charge in [0.15, 0.2) is 0 Å². The van der Waals surface area contributed by atoms with Crippen LogP contribution in [0.2, 0.25) is 0 Å². The van der Waals surface area contributed by atoms with Crippen molar-refractivity contribution < 1.29 is 4.74 Å². The smallest absolute Gasteiger partial charge is 0.107 e. The van der Waals surface area contributed by atoms with E-state index in [-0.39, 0.29) is 0 Å². The zero-order chi connectivity index (χ0) is 7.23. The summed E-state index contributed by atoms with van der Waals surface area (Å²) >= 11 is 1.68. The van der Waals surface area contributed by atoms with Crippen molar-refractivity contribution in [3.05, 3.63) is 22.4 Å². The fraction of sp³-hybridized carbons (Fsp3) is 0.250. The monoisotopic (exact) mass is 152 g/mol. The lowest BCUT2D eigenvalue weighted by atomic mass is 10.5. The van der Waals surface area contributed by atoms with Gasteiger partial charge in [-0.2, -0.15) is 0 Å². The molecule has 1 rings (SSSR count). The van der Waals surface area contributed by atoms with E-state index >= 15 is 0 Å². The van der Waals surface area contributed by atoms with Crippen molar-refractivity contribution in [2.75, 3.05) is 6.61 Å². The standard InChI is InChI=1S/C8H8OS/c1-2-5-9-7-8-4-3-6-10-8/h1,3-4,6H,5,7H2. The Morgan fingerprint density at radius 2 is 2.60 bits per heavy atom. The van der Waals surface area contributed by atoms with Crippen LogP contribution in [-0.4, -0.2) is 6.61 Å². The molecule has 0 saturated carbocycles. The summed E-state index contributed by atoms with van der Waals surface area (Å²) in [5.74, 6) is 2.41. The molecule has 0 amide bonds. The Bertz CT molecular complexity index is 208. The highest BCUT2D eigenvalue weighted by Gasteiger charge is 1.90. The molecule has 0 saturated heterocycles. The van der Waals surface area contributed by atoms with E-state index < -0.39 is 0 Å². The molecule has 0 unspecified atom stereocenters. The molecular formula is C8H8OS. The molecular weight excluding hydrogens is 144 g/mol. The Morgan fingerprint density at radius 3 is 3.20 bits per heavy atom. The first-order valence-electron chi connectivity index (χ1n) is 2.97. The summed E-state index contributed by atoms with van der Waals surface area (Å²) < 4.78 is 5.10. The number of rotatable bonds is 3. The molecule has 1 aromatic heterocycles. The molecule has 1 nitrogen and oxygen atoms in total. The van der Waals surface area contributed by atoms with Crippen molar-refractivity contribution >= 4 is 11.3 Å². The highest BCUT2D eigenvalue weighted by molar-refractivity contribution is 7.09. The van der Waals surface area contributed by atoms with Gasteiger partial charge in [-0.25, -0.2) is 0 Å². The van der Waals surface area contributed by atoms with Crippen LogP contribution in [0.5, 0.6) is 0 Å². The van der Waals surface area contributed by atoms with Crippen LogP contribution < -0.4 is 0 Å². The Kier molecular flexibility index (Phi) is 3.01. The molecule has 0 atom stereocenters. The van der Waals surface area contributed by atoms with Crippen molar-refractivity contribution in [1.29, 1.82) is 0 Å². The largest absolute Gasteiger partial charge is 0.363 e. The van der Waals surface area contributed by atoms with Crippen molar-refractivity contribution in [1.82, 2.24) is 0 Å². The highest BCUT2D eigenvalue weighted by atomic mass is 32.1. The quantitative estimate of drug-likeness (QED) is 0.475. The van der Waals surface area contributed by atoms with Crippen molar-refractivity contribution in [2.45, 2.75) is 6.61 Å². The molecule has 0 aliphatic rings. The summed E-state index contributed by atoms with van der Waals surface area (Å²) in [5.41, 5.74) is 0. The van der Waals surface area contributed by atoms with Crippen LogP contribution in [0.1, 0.15) is 4.88 Å². The van der Waals surface area contributed by atoms with Crippen molar-refractivity contribution in [3.63, 3.8) is 0 Å². The van der Waals surface area contributed by atoms with Gasteiger partial charge in [0.1, 0.15) is 6.61 Å².